The number of nitrogens with one attached hydrogen (secondary N) is 1. The molecule has 0 bridgehead atoms. The smallest absolute Gasteiger partial charge is 0.127 e. The summed E-state index contributed by atoms with van der Waals surface area (Å²) in [5.41, 5.74) is 0. The molecule has 1 aromatic rings. The third kappa shape index (κ3) is 2.65. The summed E-state index contributed by atoms with van der Waals surface area (Å²) in [6.45, 7) is 1.48. The summed E-state index contributed by atoms with van der Waals surface area (Å²) >= 11 is 0. The Bertz CT molecular complexity index is 326. The fourth-order valence-corrected chi connectivity index (χ4v) is 1.78. The van der Waals surface area contributed by atoms with E-state index in [0.29, 0.717) is 6.54 Å². The van der Waals surface area contributed by atoms with E-state index in [-0.39, 0.29) is 6.10 Å². The Kier molecular flexibility index (Phi) is 3.64. The zero-order valence-electron chi connectivity index (χ0n) is 9.35. The first-order valence-corrected chi connectivity index (χ1v) is 5.49. The number of aliphatic hydroxyl groups excluding tert-OH is 1. The van der Waals surface area contributed by atoms with E-state index in [4.69, 9.17) is 9.47 Å². The Hall–Kier alpha value is -1.26. The molecular formula is C12H17NO3. The fourth-order valence-electron chi connectivity index (χ4n) is 1.78. The number of hydrogen-bond donors (Lipinski definition) is 2. The number of methoxy groups -OCH3 is 1. The predicted octanol–water partition coefficient (Wildman–Crippen LogP) is 0.797. The van der Waals surface area contributed by atoms with Crippen LogP contribution in [0.15, 0.2) is 24.3 Å². The first kappa shape index (κ1) is 11.2. The summed E-state index contributed by atoms with van der Waals surface area (Å²) in [6.07, 6.45) is 0.276. The van der Waals surface area contributed by atoms with E-state index in [1.54, 1.807) is 7.11 Å². The number of hydrogen-bond acceptors (Lipinski definition) is 4. The van der Waals surface area contributed by atoms with Gasteiger partial charge in [-0.2, -0.15) is 0 Å². The number of benzene rings is 1. The van der Waals surface area contributed by atoms with Crippen molar-refractivity contribution in [3.8, 4) is 11.5 Å². The maximum Gasteiger partial charge on any atom is 0.127 e. The van der Waals surface area contributed by atoms with Gasteiger partial charge >= 0.3 is 0 Å². The molecule has 1 saturated heterocycles. The van der Waals surface area contributed by atoms with Gasteiger partial charge in [0, 0.05) is 6.54 Å². The van der Waals surface area contributed by atoms with E-state index >= 15 is 0 Å². The highest BCUT2D eigenvalue weighted by Gasteiger charge is 2.24. The largest absolute Gasteiger partial charge is 0.497 e. The number of piperidine rings is 1. The van der Waals surface area contributed by atoms with Crippen LogP contribution in [0.25, 0.3) is 0 Å². The van der Waals surface area contributed by atoms with Gasteiger partial charge in [-0.15, -0.1) is 0 Å². The zero-order chi connectivity index (χ0) is 11.4. The van der Waals surface area contributed by atoms with Crippen LogP contribution in [0.3, 0.4) is 0 Å². The SMILES string of the molecule is COc1ccc(O[C@H]2CCNC[C@@H]2O)cc1. The number of β-amino-alcohol motifs (C(OH)–C–C–N with tert-alkyl or cyclic N) is 1. The summed E-state index contributed by atoms with van der Waals surface area (Å²) in [7, 11) is 1.63. The highest BCUT2D eigenvalue weighted by atomic mass is 16.5. The van der Waals surface area contributed by atoms with Crippen molar-refractivity contribution in [2.75, 3.05) is 20.2 Å². The monoisotopic (exact) mass is 223 g/mol. The zero-order valence-corrected chi connectivity index (χ0v) is 9.35. The van der Waals surface area contributed by atoms with E-state index in [1.165, 1.54) is 0 Å². The lowest BCUT2D eigenvalue weighted by Gasteiger charge is -2.28. The van der Waals surface area contributed by atoms with Crippen molar-refractivity contribution in [3.05, 3.63) is 24.3 Å². The lowest BCUT2D eigenvalue weighted by atomic mass is 10.1. The molecule has 0 spiro atoms. The van der Waals surface area contributed by atoms with Crippen molar-refractivity contribution in [1.29, 1.82) is 0 Å². The molecule has 0 saturated carbocycles. The molecule has 1 heterocycles. The molecule has 4 nitrogen and oxygen atoms in total. The second kappa shape index (κ2) is 5.18. The van der Waals surface area contributed by atoms with Crippen molar-refractivity contribution in [3.63, 3.8) is 0 Å². The molecule has 0 unspecified atom stereocenters. The van der Waals surface area contributed by atoms with Gasteiger partial charge in [-0.1, -0.05) is 0 Å². The van der Waals surface area contributed by atoms with Gasteiger partial charge < -0.3 is 19.9 Å². The Morgan fingerprint density at radius 2 is 1.94 bits per heavy atom. The second-order valence-electron chi connectivity index (χ2n) is 3.89. The maximum absolute atomic E-state index is 9.72. The maximum atomic E-state index is 9.72. The van der Waals surface area contributed by atoms with Gasteiger partial charge in [-0.05, 0) is 37.2 Å². The van der Waals surface area contributed by atoms with Crippen molar-refractivity contribution in [2.45, 2.75) is 18.6 Å². The molecule has 1 aromatic carbocycles. The highest BCUT2D eigenvalue weighted by molar-refractivity contribution is 5.31. The fraction of sp³-hybridized carbons (Fsp3) is 0.500. The predicted molar refractivity (Wildman–Crippen MR) is 60.9 cm³/mol. The van der Waals surface area contributed by atoms with E-state index in [0.717, 1.165) is 24.5 Å². The quantitative estimate of drug-likeness (QED) is 0.795. The van der Waals surface area contributed by atoms with E-state index < -0.39 is 6.10 Å². The van der Waals surface area contributed by atoms with Crippen molar-refractivity contribution in [2.24, 2.45) is 0 Å². The van der Waals surface area contributed by atoms with Gasteiger partial charge in [0.15, 0.2) is 0 Å². The Labute approximate surface area is 95.2 Å². The molecule has 2 atom stereocenters. The standard InChI is InChI=1S/C12H17NO3/c1-15-9-2-4-10(5-3-9)16-12-6-7-13-8-11(12)14/h2-5,11-14H,6-8H2,1H3/t11-,12-/m0/s1. The molecule has 88 valence electrons. The van der Waals surface area contributed by atoms with Crippen LogP contribution in [-0.2, 0) is 0 Å². The van der Waals surface area contributed by atoms with Crippen LogP contribution in [-0.4, -0.2) is 37.5 Å². The Morgan fingerprint density at radius 1 is 1.25 bits per heavy atom. The lowest BCUT2D eigenvalue weighted by molar-refractivity contribution is 0.0162. The van der Waals surface area contributed by atoms with Crippen LogP contribution in [0.5, 0.6) is 11.5 Å². The molecule has 1 fully saturated rings. The van der Waals surface area contributed by atoms with Crippen molar-refractivity contribution in [1.82, 2.24) is 5.32 Å². The molecule has 2 N–H and O–H groups in total. The van der Waals surface area contributed by atoms with E-state index in [9.17, 15) is 5.11 Å². The Balaban J connectivity index is 1.96. The molecule has 4 heteroatoms. The Morgan fingerprint density at radius 3 is 2.56 bits per heavy atom. The number of aliphatic hydroxyl groups is 1. The van der Waals surface area contributed by atoms with Crippen LogP contribution in [0.1, 0.15) is 6.42 Å². The molecule has 0 aromatic heterocycles. The summed E-state index contributed by atoms with van der Waals surface area (Å²) in [4.78, 5) is 0. The average Bonchev–Trinajstić information content (AvgIpc) is 2.33. The summed E-state index contributed by atoms with van der Waals surface area (Å²) in [5.74, 6) is 1.57. The van der Waals surface area contributed by atoms with Crippen LogP contribution in [0, 0.1) is 0 Å². The second-order valence-corrected chi connectivity index (χ2v) is 3.89. The van der Waals surface area contributed by atoms with Crippen LogP contribution < -0.4 is 14.8 Å². The summed E-state index contributed by atoms with van der Waals surface area (Å²) in [5, 5.41) is 12.8. The molecule has 0 radical (unpaired) electrons. The van der Waals surface area contributed by atoms with E-state index in [2.05, 4.69) is 5.32 Å². The molecule has 0 aliphatic carbocycles. The topological polar surface area (TPSA) is 50.7 Å². The minimum Gasteiger partial charge on any atom is -0.497 e. The lowest BCUT2D eigenvalue weighted by Crippen LogP contribution is -2.46. The highest BCUT2D eigenvalue weighted by Crippen LogP contribution is 2.20. The normalized spacial score (nSPS) is 25.1. The average molecular weight is 223 g/mol. The molecular weight excluding hydrogens is 206 g/mol. The molecule has 16 heavy (non-hydrogen) atoms. The third-order valence-corrected chi connectivity index (χ3v) is 2.74. The third-order valence-electron chi connectivity index (χ3n) is 2.74. The first-order chi connectivity index (χ1) is 7.79. The molecule has 1 aliphatic rings. The first-order valence-electron chi connectivity index (χ1n) is 5.49. The molecule has 0 amide bonds. The summed E-state index contributed by atoms with van der Waals surface area (Å²) in [6, 6.07) is 7.41. The van der Waals surface area contributed by atoms with Crippen LogP contribution >= 0.6 is 0 Å². The summed E-state index contributed by atoms with van der Waals surface area (Å²) < 4.78 is 10.8. The van der Waals surface area contributed by atoms with Gasteiger partial charge in [0.1, 0.15) is 23.7 Å². The van der Waals surface area contributed by atoms with Gasteiger partial charge in [-0.3, -0.25) is 0 Å². The van der Waals surface area contributed by atoms with Gasteiger partial charge in [0.05, 0.1) is 7.11 Å². The minimum absolute atomic E-state index is 0.116. The number of ether oxygens (including phenoxy) is 2. The van der Waals surface area contributed by atoms with Crippen LogP contribution in [0.4, 0.5) is 0 Å². The minimum atomic E-state index is -0.434. The number of rotatable bonds is 3. The molecule has 1 aliphatic heterocycles. The van der Waals surface area contributed by atoms with Crippen molar-refractivity contribution < 1.29 is 14.6 Å². The van der Waals surface area contributed by atoms with Gasteiger partial charge in [-0.25, -0.2) is 0 Å². The van der Waals surface area contributed by atoms with Gasteiger partial charge in [0.25, 0.3) is 0 Å². The van der Waals surface area contributed by atoms with Crippen LogP contribution in [0.2, 0.25) is 0 Å². The molecule has 2 rings (SSSR count). The van der Waals surface area contributed by atoms with E-state index in [1.807, 2.05) is 24.3 Å². The van der Waals surface area contributed by atoms with Crippen molar-refractivity contribution >= 4 is 0 Å². The van der Waals surface area contributed by atoms with Gasteiger partial charge in [0.2, 0.25) is 0 Å².